The number of ether oxygens (including phenoxy) is 2. The minimum atomic E-state index is -0.143. The fraction of sp³-hybridized carbons (Fsp3) is 0.909. The number of carbonyl (C=O) groups is 2. The molecule has 3 heterocycles. The Bertz CT molecular complexity index is 599. The van der Waals surface area contributed by atoms with Crippen LogP contribution in [0.4, 0.5) is 4.79 Å². The van der Waals surface area contributed by atoms with Crippen LogP contribution < -0.4 is 0 Å². The van der Waals surface area contributed by atoms with Gasteiger partial charge in [-0.25, -0.2) is 4.79 Å². The SMILES string of the molecule is CCOC(=O)N1CCC2(CC(N3CCC(N4CCCC[C@@H]4C(=O)OC)CC3)C2)C1. The molecule has 0 unspecified atom stereocenters. The van der Waals surface area contributed by atoms with Gasteiger partial charge in [-0.15, -0.1) is 0 Å². The largest absolute Gasteiger partial charge is 0.468 e. The molecule has 4 fully saturated rings. The van der Waals surface area contributed by atoms with E-state index >= 15 is 0 Å². The van der Waals surface area contributed by atoms with Gasteiger partial charge in [-0.2, -0.15) is 0 Å². The molecule has 164 valence electrons. The molecule has 0 aromatic heterocycles. The molecule has 0 radical (unpaired) electrons. The summed E-state index contributed by atoms with van der Waals surface area (Å²) < 4.78 is 10.2. The van der Waals surface area contributed by atoms with Crippen LogP contribution in [0.15, 0.2) is 0 Å². The van der Waals surface area contributed by atoms with Crippen LogP contribution in [0.1, 0.15) is 58.3 Å². The van der Waals surface area contributed by atoms with Gasteiger partial charge in [-0.1, -0.05) is 6.42 Å². The summed E-state index contributed by atoms with van der Waals surface area (Å²) in [7, 11) is 1.51. The van der Waals surface area contributed by atoms with Gasteiger partial charge in [0.25, 0.3) is 0 Å². The Labute approximate surface area is 174 Å². The van der Waals surface area contributed by atoms with Gasteiger partial charge in [-0.3, -0.25) is 9.69 Å². The second-order valence-corrected chi connectivity index (χ2v) is 9.47. The van der Waals surface area contributed by atoms with Crippen molar-refractivity contribution in [3.63, 3.8) is 0 Å². The van der Waals surface area contributed by atoms with Gasteiger partial charge >= 0.3 is 12.1 Å². The summed E-state index contributed by atoms with van der Waals surface area (Å²) in [6.07, 6.45) is 8.94. The number of hydrogen-bond acceptors (Lipinski definition) is 6. The average Bonchev–Trinajstić information content (AvgIpc) is 3.19. The normalized spacial score (nSPS) is 34.2. The molecule has 7 heteroatoms. The van der Waals surface area contributed by atoms with Crippen molar-refractivity contribution in [3.8, 4) is 0 Å². The highest BCUT2D eigenvalue weighted by Crippen LogP contribution is 2.50. The summed E-state index contributed by atoms with van der Waals surface area (Å²) in [6, 6.07) is 1.14. The van der Waals surface area contributed by atoms with Crippen LogP contribution in [-0.2, 0) is 14.3 Å². The van der Waals surface area contributed by atoms with Crippen molar-refractivity contribution >= 4 is 12.1 Å². The first-order chi connectivity index (χ1) is 14.0. The maximum atomic E-state index is 12.2. The lowest BCUT2D eigenvalue weighted by molar-refractivity contribution is -0.150. The Morgan fingerprint density at radius 1 is 1.00 bits per heavy atom. The number of amides is 1. The summed E-state index contributed by atoms with van der Waals surface area (Å²) in [5.74, 6) is -0.0551. The van der Waals surface area contributed by atoms with Gasteiger partial charge in [0, 0.05) is 25.2 Å². The molecule has 4 aliphatic rings. The summed E-state index contributed by atoms with van der Waals surface area (Å²) in [5.41, 5.74) is 0.330. The number of hydrogen-bond donors (Lipinski definition) is 0. The van der Waals surface area contributed by atoms with Crippen LogP contribution in [0.2, 0.25) is 0 Å². The standard InChI is InChI=1S/C22H37N3O4/c1-3-29-21(27)24-13-9-22(16-24)14-18(15-22)23-11-7-17(8-12-23)25-10-5-4-6-19(25)20(26)28-2/h17-19H,3-16H2,1-2H3/t18?,19-,22?/m1/s1. The third kappa shape index (κ3) is 4.26. The van der Waals surface area contributed by atoms with E-state index in [1.54, 1.807) is 0 Å². The van der Waals surface area contributed by atoms with E-state index in [1.807, 2.05) is 11.8 Å². The number of carbonyl (C=O) groups excluding carboxylic acids is 2. The van der Waals surface area contributed by atoms with E-state index in [9.17, 15) is 9.59 Å². The summed E-state index contributed by atoms with van der Waals surface area (Å²) >= 11 is 0. The van der Waals surface area contributed by atoms with Crippen molar-refractivity contribution in [1.82, 2.24) is 14.7 Å². The molecule has 0 N–H and O–H groups in total. The molecule has 7 nitrogen and oxygen atoms in total. The van der Waals surface area contributed by atoms with Crippen molar-refractivity contribution in [1.29, 1.82) is 0 Å². The highest BCUT2D eigenvalue weighted by atomic mass is 16.6. The summed E-state index contributed by atoms with van der Waals surface area (Å²) in [6.45, 7) is 7.30. The lowest BCUT2D eigenvalue weighted by Gasteiger charge is -2.52. The molecule has 1 aliphatic carbocycles. The van der Waals surface area contributed by atoms with Crippen LogP contribution in [0.3, 0.4) is 0 Å². The Kier molecular flexibility index (Phi) is 6.35. The van der Waals surface area contributed by atoms with Crippen molar-refractivity contribution < 1.29 is 19.1 Å². The maximum Gasteiger partial charge on any atom is 0.409 e. The monoisotopic (exact) mass is 407 g/mol. The zero-order valence-electron chi connectivity index (χ0n) is 18.1. The number of esters is 1. The molecule has 29 heavy (non-hydrogen) atoms. The molecule has 1 amide bonds. The van der Waals surface area contributed by atoms with Gasteiger partial charge < -0.3 is 19.3 Å². The fourth-order valence-corrected chi connectivity index (χ4v) is 6.20. The van der Waals surface area contributed by atoms with Gasteiger partial charge in [-0.05, 0) is 76.9 Å². The first-order valence-corrected chi connectivity index (χ1v) is 11.5. The maximum absolute atomic E-state index is 12.2. The van der Waals surface area contributed by atoms with Crippen molar-refractivity contribution in [3.05, 3.63) is 0 Å². The second kappa shape index (κ2) is 8.80. The highest BCUT2D eigenvalue weighted by molar-refractivity contribution is 5.75. The number of piperidine rings is 2. The summed E-state index contributed by atoms with van der Waals surface area (Å²) in [4.78, 5) is 31.2. The molecule has 1 atom stereocenters. The van der Waals surface area contributed by atoms with Crippen molar-refractivity contribution in [2.75, 3.05) is 46.4 Å². The Morgan fingerprint density at radius 2 is 1.76 bits per heavy atom. The Hall–Kier alpha value is -1.34. The van der Waals surface area contributed by atoms with Crippen molar-refractivity contribution in [2.24, 2.45) is 5.41 Å². The predicted octanol–water partition coefficient (Wildman–Crippen LogP) is 2.49. The molecular formula is C22H37N3O4. The third-order valence-electron chi connectivity index (χ3n) is 7.80. The number of nitrogens with zero attached hydrogens (tertiary/aromatic N) is 3. The van der Waals surface area contributed by atoms with E-state index in [2.05, 4.69) is 9.80 Å². The topological polar surface area (TPSA) is 62.3 Å². The Balaban J connectivity index is 1.24. The van der Waals surface area contributed by atoms with Crippen LogP contribution in [0.25, 0.3) is 0 Å². The van der Waals surface area contributed by atoms with Crippen LogP contribution in [0, 0.1) is 5.41 Å². The van der Waals surface area contributed by atoms with E-state index < -0.39 is 0 Å². The number of methoxy groups -OCH3 is 1. The van der Waals surface area contributed by atoms with Gasteiger partial charge in [0.2, 0.25) is 0 Å². The van der Waals surface area contributed by atoms with Gasteiger partial charge in [0.15, 0.2) is 0 Å². The van der Waals surface area contributed by atoms with Crippen LogP contribution in [-0.4, -0.2) is 91.3 Å². The van der Waals surface area contributed by atoms with Gasteiger partial charge in [0.1, 0.15) is 6.04 Å². The molecular weight excluding hydrogens is 370 g/mol. The average molecular weight is 408 g/mol. The molecule has 1 saturated carbocycles. The van der Waals surface area contributed by atoms with Gasteiger partial charge in [0.05, 0.1) is 13.7 Å². The van der Waals surface area contributed by atoms with E-state index in [4.69, 9.17) is 9.47 Å². The second-order valence-electron chi connectivity index (χ2n) is 9.47. The van der Waals surface area contributed by atoms with Crippen molar-refractivity contribution in [2.45, 2.75) is 76.4 Å². The zero-order chi connectivity index (χ0) is 20.4. The minimum Gasteiger partial charge on any atom is -0.468 e. The first-order valence-electron chi connectivity index (χ1n) is 11.5. The predicted molar refractivity (Wildman–Crippen MR) is 110 cm³/mol. The smallest absolute Gasteiger partial charge is 0.409 e. The number of likely N-dealkylation sites (tertiary alicyclic amines) is 3. The molecule has 0 aromatic rings. The quantitative estimate of drug-likeness (QED) is 0.668. The van der Waals surface area contributed by atoms with E-state index in [1.165, 1.54) is 26.4 Å². The lowest BCUT2D eigenvalue weighted by Crippen LogP contribution is -2.58. The van der Waals surface area contributed by atoms with E-state index in [0.717, 1.165) is 64.8 Å². The molecule has 0 aromatic carbocycles. The Morgan fingerprint density at radius 3 is 2.45 bits per heavy atom. The number of rotatable bonds is 4. The van der Waals surface area contributed by atoms with E-state index in [-0.39, 0.29) is 18.1 Å². The first kappa shape index (κ1) is 20.9. The molecule has 1 spiro atoms. The molecule has 3 aliphatic heterocycles. The van der Waals surface area contributed by atoms with Crippen LogP contribution >= 0.6 is 0 Å². The van der Waals surface area contributed by atoms with Crippen LogP contribution in [0.5, 0.6) is 0 Å². The summed E-state index contributed by atoms with van der Waals surface area (Å²) in [5, 5.41) is 0. The molecule has 3 saturated heterocycles. The minimum absolute atomic E-state index is 0.0374. The van der Waals surface area contributed by atoms with E-state index in [0.29, 0.717) is 24.1 Å². The molecule has 4 rings (SSSR count). The lowest BCUT2D eigenvalue weighted by atomic mass is 9.64. The fourth-order valence-electron chi connectivity index (χ4n) is 6.20. The molecule has 0 bridgehead atoms. The highest BCUT2D eigenvalue weighted by Gasteiger charge is 2.51. The zero-order valence-corrected chi connectivity index (χ0v) is 18.1. The third-order valence-corrected chi connectivity index (χ3v) is 7.80.